The number of rotatable bonds is 8. The zero-order chi connectivity index (χ0) is 15.7. The second kappa shape index (κ2) is 9.17. The molecular formula is C13H25N3O4. The third-order valence-corrected chi connectivity index (χ3v) is 2.58. The van der Waals surface area contributed by atoms with Crippen molar-refractivity contribution in [3.8, 4) is 0 Å². The van der Waals surface area contributed by atoms with E-state index in [9.17, 15) is 14.4 Å². The lowest BCUT2D eigenvalue weighted by Gasteiger charge is -2.22. The molecule has 0 heterocycles. The first-order valence-electron chi connectivity index (χ1n) is 6.80. The van der Waals surface area contributed by atoms with E-state index in [0.717, 1.165) is 0 Å². The number of urea groups is 1. The fraction of sp³-hybridized carbons (Fsp3) is 0.769. The molecule has 0 bridgehead atoms. The highest BCUT2D eigenvalue weighted by Gasteiger charge is 2.17. The largest absolute Gasteiger partial charge is 0.481 e. The number of carbonyl (C=O) groups excluding carboxylic acids is 2. The molecule has 0 aromatic carbocycles. The van der Waals surface area contributed by atoms with Gasteiger partial charge in [0.1, 0.15) is 6.54 Å². The van der Waals surface area contributed by atoms with E-state index in [1.54, 1.807) is 13.8 Å². The molecule has 0 radical (unpaired) electrons. The summed E-state index contributed by atoms with van der Waals surface area (Å²) in [4.78, 5) is 35.4. The van der Waals surface area contributed by atoms with Crippen LogP contribution in [-0.2, 0) is 9.59 Å². The van der Waals surface area contributed by atoms with Gasteiger partial charge in [-0.2, -0.15) is 0 Å². The second-order valence-electron chi connectivity index (χ2n) is 5.13. The molecule has 0 aliphatic rings. The van der Waals surface area contributed by atoms with Gasteiger partial charge in [-0.3, -0.25) is 9.59 Å². The van der Waals surface area contributed by atoms with Crippen molar-refractivity contribution in [1.29, 1.82) is 0 Å². The normalized spacial score (nSPS) is 11.8. The molecule has 1 unspecified atom stereocenters. The van der Waals surface area contributed by atoms with Crippen LogP contribution in [0.5, 0.6) is 0 Å². The molecule has 7 heteroatoms. The van der Waals surface area contributed by atoms with Crippen molar-refractivity contribution < 1.29 is 19.5 Å². The van der Waals surface area contributed by atoms with Gasteiger partial charge in [0, 0.05) is 25.6 Å². The van der Waals surface area contributed by atoms with E-state index in [1.807, 2.05) is 13.8 Å². The standard InChI is InChI=1S/C13H25N3O4/c1-5-16(8-11(17)15-9(2)3)13(20)14-7-10(4)6-12(18)19/h9-10H,5-8H2,1-4H3,(H,14,20)(H,15,17)(H,18,19). The summed E-state index contributed by atoms with van der Waals surface area (Å²) in [7, 11) is 0. The number of hydrogen-bond donors (Lipinski definition) is 3. The number of nitrogens with zero attached hydrogens (tertiary/aromatic N) is 1. The molecule has 3 N–H and O–H groups in total. The summed E-state index contributed by atoms with van der Waals surface area (Å²) in [6.45, 7) is 7.90. The average molecular weight is 287 g/mol. The summed E-state index contributed by atoms with van der Waals surface area (Å²) in [6.07, 6.45) is 0.000239. The smallest absolute Gasteiger partial charge is 0.317 e. The van der Waals surface area contributed by atoms with Crippen molar-refractivity contribution in [2.45, 2.75) is 40.2 Å². The van der Waals surface area contributed by atoms with Gasteiger partial charge in [0.2, 0.25) is 5.91 Å². The molecule has 1 atom stereocenters. The topological polar surface area (TPSA) is 98.7 Å². The van der Waals surface area contributed by atoms with Crippen LogP contribution in [0.3, 0.4) is 0 Å². The number of nitrogens with one attached hydrogen (secondary N) is 2. The Bertz CT molecular complexity index is 345. The zero-order valence-corrected chi connectivity index (χ0v) is 12.6. The fourth-order valence-electron chi connectivity index (χ4n) is 1.61. The Labute approximate surface area is 119 Å². The van der Waals surface area contributed by atoms with Crippen LogP contribution in [0.15, 0.2) is 0 Å². The van der Waals surface area contributed by atoms with E-state index in [4.69, 9.17) is 5.11 Å². The fourth-order valence-corrected chi connectivity index (χ4v) is 1.61. The summed E-state index contributed by atoms with van der Waals surface area (Å²) in [5.41, 5.74) is 0. The Balaban J connectivity index is 4.20. The number of carbonyl (C=O) groups is 3. The summed E-state index contributed by atoms with van der Waals surface area (Å²) >= 11 is 0. The summed E-state index contributed by atoms with van der Waals surface area (Å²) < 4.78 is 0. The van der Waals surface area contributed by atoms with Gasteiger partial charge in [0.05, 0.1) is 0 Å². The predicted molar refractivity (Wildman–Crippen MR) is 75.3 cm³/mol. The average Bonchev–Trinajstić information content (AvgIpc) is 2.31. The van der Waals surface area contributed by atoms with Crippen LogP contribution in [0.25, 0.3) is 0 Å². The predicted octanol–water partition coefficient (Wildman–Crippen LogP) is 0.653. The van der Waals surface area contributed by atoms with E-state index in [2.05, 4.69) is 10.6 Å². The number of carboxylic acid groups (broad SMARTS) is 1. The molecule has 0 aromatic heterocycles. The third-order valence-electron chi connectivity index (χ3n) is 2.58. The summed E-state index contributed by atoms with van der Waals surface area (Å²) in [6, 6.07) is -0.330. The number of hydrogen-bond acceptors (Lipinski definition) is 3. The molecule has 20 heavy (non-hydrogen) atoms. The second-order valence-corrected chi connectivity index (χ2v) is 5.13. The lowest BCUT2D eigenvalue weighted by Crippen LogP contribution is -2.47. The van der Waals surface area contributed by atoms with Crippen molar-refractivity contribution >= 4 is 17.9 Å². The van der Waals surface area contributed by atoms with Crippen LogP contribution in [0.4, 0.5) is 4.79 Å². The molecule has 0 saturated heterocycles. The number of amides is 3. The molecule has 0 aliphatic heterocycles. The van der Waals surface area contributed by atoms with Gasteiger partial charge < -0.3 is 20.6 Å². The van der Waals surface area contributed by atoms with Crippen LogP contribution in [-0.4, -0.2) is 53.6 Å². The Morgan fingerprint density at radius 3 is 2.25 bits per heavy atom. The van der Waals surface area contributed by atoms with Crippen LogP contribution < -0.4 is 10.6 Å². The van der Waals surface area contributed by atoms with Gasteiger partial charge in [-0.1, -0.05) is 6.92 Å². The van der Waals surface area contributed by atoms with Crippen LogP contribution in [0, 0.1) is 5.92 Å². The van der Waals surface area contributed by atoms with Crippen molar-refractivity contribution in [1.82, 2.24) is 15.5 Å². The van der Waals surface area contributed by atoms with E-state index < -0.39 is 5.97 Å². The van der Waals surface area contributed by atoms with Crippen LogP contribution in [0.1, 0.15) is 34.1 Å². The van der Waals surface area contributed by atoms with Crippen molar-refractivity contribution in [2.24, 2.45) is 5.92 Å². The number of carboxylic acids is 1. The lowest BCUT2D eigenvalue weighted by molar-refractivity contribution is -0.137. The molecule has 3 amide bonds. The maximum absolute atomic E-state index is 11.9. The first-order chi connectivity index (χ1) is 9.26. The van der Waals surface area contributed by atoms with Crippen LogP contribution in [0.2, 0.25) is 0 Å². The number of likely N-dealkylation sites (N-methyl/N-ethyl adjacent to an activating group) is 1. The van der Waals surface area contributed by atoms with E-state index in [-0.39, 0.29) is 43.4 Å². The Morgan fingerprint density at radius 1 is 1.20 bits per heavy atom. The molecule has 0 aliphatic carbocycles. The highest BCUT2D eigenvalue weighted by molar-refractivity contribution is 5.84. The quantitative estimate of drug-likeness (QED) is 0.610. The van der Waals surface area contributed by atoms with Gasteiger partial charge in [0.15, 0.2) is 0 Å². The molecule has 0 rings (SSSR count). The molecule has 0 spiro atoms. The van der Waals surface area contributed by atoms with Crippen LogP contribution >= 0.6 is 0 Å². The molecular weight excluding hydrogens is 262 g/mol. The zero-order valence-electron chi connectivity index (χ0n) is 12.6. The monoisotopic (exact) mass is 287 g/mol. The Hall–Kier alpha value is -1.79. The first-order valence-corrected chi connectivity index (χ1v) is 6.80. The minimum absolute atomic E-state index is 0.000239. The maximum atomic E-state index is 11.9. The van der Waals surface area contributed by atoms with Gasteiger partial charge in [0.25, 0.3) is 0 Å². The van der Waals surface area contributed by atoms with E-state index in [0.29, 0.717) is 6.54 Å². The van der Waals surface area contributed by atoms with Crippen molar-refractivity contribution in [3.63, 3.8) is 0 Å². The number of aliphatic carboxylic acids is 1. The van der Waals surface area contributed by atoms with Gasteiger partial charge in [-0.15, -0.1) is 0 Å². The molecule has 7 nitrogen and oxygen atoms in total. The molecule has 0 aromatic rings. The third kappa shape index (κ3) is 8.34. The molecule has 116 valence electrons. The lowest BCUT2D eigenvalue weighted by atomic mass is 10.1. The first kappa shape index (κ1) is 18.2. The summed E-state index contributed by atoms with van der Waals surface area (Å²) in [5, 5.41) is 14.0. The van der Waals surface area contributed by atoms with E-state index >= 15 is 0 Å². The Morgan fingerprint density at radius 2 is 1.80 bits per heavy atom. The SMILES string of the molecule is CCN(CC(=O)NC(C)C)C(=O)NCC(C)CC(=O)O. The van der Waals surface area contributed by atoms with Crippen molar-refractivity contribution in [3.05, 3.63) is 0 Å². The van der Waals surface area contributed by atoms with Gasteiger partial charge >= 0.3 is 12.0 Å². The van der Waals surface area contributed by atoms with Gasteiger partial charge in [-0.05, 0) is 26.7 Å². The minimum Gasteiger partial charge on any atom is -0.481 e. The Kier molecular flexibility index (Phi) is 8.35. The summed E-state index contributed by atoms with van der Waals surface area (Å²) in [5.74, 6) is -1.26. The van der Waals surface area contributed by atoms with Crippen molar-refractivity contribution in [2.75, 3.05) is 19.6 Å². The highest BCUT2D eigenvalue weighted by atomic mass is 16.4. The van der Waals surface area contributed by atoms with E-state index in [1.165, 1.54) is 4.90 Å². The molecule has 0 fully saturated rings. The van der Waals surface area contributed by atoms with Gasteiger partial charge in [-0.25, -0.2) is 4.79 Å². The maximum Gasteiger partial charge on any atom is 0.317 e. The minimum atomic E-state index is -0.893. The molecule has 0 saturated carbocycles. The highest BCUT2D eigenvalue weighted by Crippen LogP contribution is 2.00.